The first-order chi connectivity index (χ1) is 8.56. The van der Waals surface area contributed by atoms with Crippen LogP contribution in [0.15, 0.2) is 18.2 Å². The maximum atomic E-state index is 11.4. The number of amides is 3. The third-order valence-corrected chi connectivity index (χ3v) is 2.42. The lowest BCUT2D eigenvalue weighted by atomic mass is 10.2. The molecule has 1 aromatic carbocycles. The predicted octanol–water partition coefficient (Wildman–Crippen LogP) is 2.28. The van der Waals surface area contributed by atoms with Gasteiger partial charge in [0.15, 0.2) is 0 Å². The van der Waals surface area contributed by atoms with Crippen molar-refractivity contribution in [2.75, 3.05) is 18.3 Å². The zero-order valence-electron chi connectivity index (χ0n) is 10.2. The number of hydrogen-bond donors (Lipinski definition) is 2. The minimum atomic E-state index is -0.574. The summed E-state index contributed by atoms with van der Waals surface area (Å²) in [6.45, 7) is 1.86. The van der Waals surface area contributed by atoms with Gasteiger partial charge in [-0.1, -0.05) is 0 Å². The number of aryl methyl sites for hydroxylation is 1. The molecule has 0 unspecified atom stereocenters. The molecule has 1 rings (SSSR count). The van der Waals surface area contributed by atoms with E-state index in [0.29, 0.717) is 5.69 Å². The topological polar surface area (TPSA) is 67.4 Å². The van der Waals surface area contributed by atoms with E-state index in [0.717, 1.165) is 11.3 Å². The van der Waals surface area contributed by atoms with Crippen molar-refractivity contribution < 1.29 is 14.3 Å². The Morgan fingerprint density at radius 1 is 1.39 bits per heavy atom. The lowest BCUT2D eigenvalue weighted by Gasteiger charge is -2.09. The molecule has 6 heteroatoms. The van der Waals surface area contributed by atoms with Gasteiger partial charge in [-0.3, -0.25) is 10.1 Å². The number of urea groups is 1. The molecule has 2 N–H and O–H groups in total. The summed E-state index contributed by atoms with van der Waals surface area (Å²) in [6, 6.07) is 4.61. The van der Waals surface area contributed by atoms with E-state index in [4.69, 9.17) is 16.3 Å². The molecule has 0 aliphatic carbocycles. The number of nitrogens with one attached hydrogen (secondary N) is 2. The van der Waals surface area contributed by atoms with Gasteiger partial charge in [0, 0.05) is 18.0 Å². The van der Waals surface area contributed by atoms with Crippen LogP contribution in [0.3, 0.4) is 0 Å². The maximum Gasteiger partial charge on any atom is 0.325 e. The quantitative estimate of drug-likeness (QED) is 0.825. The molecular weight excluding hydrogens is 256 g/mol. The van der Waals surface area contributed by atoms with E-state index in [1.54, 1.807) is 25.3 Å². The highest BCUT2D eigenvalue weighted by Gasteiger charge is 2.08. The summed E-state index contributed by atoms with van der Waals surface area (Å²) in [4.78, 5) is 22.6. The van der Waals surface area contributed by atoms with Crippen molar-refractivity contribution in [2.45, 2.75) is 13.3 Å². The summed E-state index contributed by atoms with van der Waals surface area (Å²) in [7, 11) is 1.58. The molecule has 0 aliphatic rings. The van der Waals surface area contributed by atoms with E-state index < -0.39 is 11.9 Å². The zero-order valence-corrected chi connectivity index (χ0v) is 11.0. The molecule has 1 aromatic rings. The van der Waals surface area contributed by atoms with Crippen LogP contribution < -0.4 is 15.4 Å². The molecule has 0 fully saturated rings. The largest absolute Gasteiger partial charge is 0.496 e. The average molecular weight is 271 g/mol. The summed E-state index contributed by atoms with van der Waals surface area (Å²) in [5.41, 5.74) is 1.48. The molecule has 0 bridgehead atoms. The van der Waals surface area contributed by atoms with Gasteiger partial charge in [0.05, 0.1) is 7.11 Å². The standard InChI is InChI=1S/C12H15ClN2O3/c1-8-7-9(3-4-10(8)18-2)14-12(17)15-11(16)5-6-13/h3-4,7H,5-6H2,1-2H3,(H2,14,15,16,17). The van der Waals surface area contributed by atoms with Crippen LogP contribution >= 0.6 is 11.6 Å². The third kappa shape index (κ3) is 4.25. The van der Waals surface area contributed by atoms with Crippen LogP contribution in [-0.2, 0) is 4.79 Å². The van der Waals surface area contributed by atoms with Crippen molar-refractivity contribution >= 4 is 29.2 Å². The predicted molar refractivity (Wildman–Crippen MR) is 70.2 cm³/mol. The Morgan fingerprint density at radius 3 is 2.67 bits per heavy atom. The van der Waals surface area contributed by atoms with Gasteiger partial charge in [0.1, 0.15) is 5.75 Å². The molecule has 0 radical (unpaired) electrons. The van der Waals surface area contributed by atoms with Gasteiger partial charge in [-0.05, 0) is 30.7 Å². The molecule has 0 aromatic heterocycles. The van der Waals surface area contributed by atoms with Crippen LogP contribution in [0.25, 0.3) is 0 Å². The normalized spacial score (nSPS) is 9.72. The van der Waals surface area contributed by atoms with Crippen molar-refractivity contribution in [3.05, 3.63) is 23.8 Å². The molecule has 98 valence electrons. The Kier molecular flexibility index (Phi) is 5.45. The number of anilines is 1. The van der Waals surface area contributed by atoms with Gasteiger partial charge in [0.2, 0.25) is 5.91 Å². The number of halogens is 1. The van der Waals surface area contributed by atoms with Crippen molar-refractivity contribution in [2.24, 2.45) is 0 Å². The number of carbonyl (C=O) groups excluding carboxylic acids is 2. The smallest absolute Gasteiger partial charge is 0.325 e. The maximum absolute atomic E-state index is 11.4. The Balaban J connectivity index is 2.59. The lowest BCUT2D eigenvalue weighted by molar-refractivity contribution is -0.119. The van der Waals surface area contributed by atoms with Crippen LogP contribution in [0.2, 0.25) is 0 Å². The van der Waals surface area contributed by atoms with E-state index >= 15 is 0 Å². The fraction of sp³-hybridized carbons (Fsp3) is 0.333. The Labute approximate surface area is 110 Å². The molecule has 0 saturated carbocycles. The number of methoxy groups -OCH3 is 1. The summed E-state index contributed by atoms with van der Waals surface area (Å²) in [5.74, 6) is 0.507. The Hall–Kier alpha value is -1.75. The summed E-state index contributed by atoms with van der Waals surface area (Å²) < 4.78 is 5.10. The van der Waals surface area contributed by atoms with Crippen molar-refractivity contribution in [1.29, 1.82) is 0 Å². The van der Waals surface area contributed by atoms with E-state index in [1.807, 2.05) is 6.92 Å². The molecule has 0 aliphatic heterocycles. The fourth-order valence-corrected chi connectivity index (χ4v) is 1.57. The Bertz CT molecular complexity index is 449. The van der Waals surface area contributed by atoms with Gasteiger partial charge in [-0.15, -0.1) is 11.6 Å². The number of ether oxygens (including phenoxy) is 1. The minimum Gasteiger partial charge on any atom is -0.496 e. The average Bonchev–Trinajstić information content (AvgIpc) is 2.29. The summed E-state index contributed by atoms with van der Waals surface area (Å²) in [6.07, 6.45) is 0.108. The third-order valence-electron chi connectivity index (χ3n) is 2.23. The number of imide groups is 1. The molecule has 5 nitrogen and oxygen atoms in total. The molecule has 0 spiro atoms. The van der Waals surface area contributed by atoms with Crippen molar-refractivity contribution in [1.82, 2.24) is 5.32 Å². The fourth-order valence-electron chi connectivity index (χ4n) is 1.39. The van der Waals surface area contributed by atoms with E-state index in [9.17, 15) is 9.59 Å². The molecule has 0 heterocycles. The van der Waals surface area contributed by atoms with Crippen LogP contribution in [0.5, 0.6) is 5.75 Å². The number of benzene rings is 1. The number of carbonyl (C=O) groups is 2. The Morgan fingerprint density at radius 2 is 2.11 bits per heavy atom. The van der Waals surface area contributed by atoms with Gasteiger partial charge in [-0.2, -0.15) is 0 Å². The summed E-state index contributed by atoms with van der Waals surface area (Å²) in [5, 5.41) is 4.73. The SMILES string of the molecule is COc1ccc(NC(=O)NC(=O)CCCl)cc1C. The highest BCUT2D eigenvalue weighted by atomic mass is 35.5. The van der Waals surface area contributed by atoms with Crippen LogP contribution in [0, 0.1) is 6.92 Å². The lowest BCUT2D eigenvalue weighted by Crippen LogP contribution is -2.34. The van der Waals surface area contributed by atoms with E-state index in [-0.39, 0.29) is 12.3 Å². The summed E-state index contributed by atoms with van der Waals surface area (Å²) >= 11 is 5.39. The van der Waals surface area contributed by atoms with Crippen LogP contribution in [-0.4, -0.2) is 24.9 Å². The molecule has 0 saturated heterocycles. The second-order valence-corrected chi connectivity index (χ2v) is 4.00. The van der Waals surface area contributed by atoms with Gasteiger partial charge < -0.3 is 10.1 Å². The monoisotopic (exact) mass is 270 g/mol. The first-order valence-corrected chi connectivity index (χ1v) is 5.91. The first-order valence-electron chi connectivity index (χ1n) is 5.38. The highest BCUT2D eigenvalue weighted by molar-refractivity contribution is 6.19. The molecule has 0 atom stereocenters. The second-order valence-electron chi connectivity index (χ2n) is 3.63. The van der Waals surface area contributed by atoms with Crippen LogP contribution in [0.1, 0.15) is 12.0 Å². The van der Waals surface area contributed by atoms with Crippen LogP contribution in [0.4, 0.5) is 10.5 Å². The van der Waals surface area contributed by atoms with Gasteiger partial charge >= 0.3 is 6.03 Å². The number of hydrogen-bond acceptors (Lipinski definition) is 3. The second kappa shape index (κ2) is 6.86. The highest BCUT2D eigenvalue weighted by Crippen LogP contribution is 2.21. The van der Waals surface area contributed by atoms with Crippen molar-refractivity contribution in [3.8, 4) is 5.75 Å². The molecular formula is C12H15ClN2O3. The van der Waals surface area contributed by atoms with Gasteiger partial charge in [-0.25, -0.2) is 4.79 Å². The first kappa shape index (κ1) is 14.3. The number of rotatable bonds is 4. The zero-order chi connectivity index (χ0) is 13.5. The molecule has 3 amide bonds. The van der Waals surface area contributed by atoms with Gasteiger partial charge in [0.25, 0.3) is 0 Å². The minimum absolute atomic E-state index is 0.108. The molecule has 18 heavy (non-hydrogen) atoms. The number of alkyl halides is 1. The van der Waals surface area contributed by atoms with E-state index in [1.165, 1.54) is 0 Å². The van der Waals surface area contributed by atoms with Crippen molar-refractivity contribution in [3.63, 3.8) is 0 Å². The van der Waals surface area contributed by atoms with E-state index in [2.05, 4.69) is 10.6 Å².